The number of ether oxygens (including phenoxy) is 2. The molecule has 1 atom stereocenters. The van der Waals surface area contributed by atoms with Crippen molar-refractivity contribution in [2.75, 3.05) is 6.61 Å². The van der Waals surface area contributed by atoms with E-state index in [1.54, 1.807) is 0 Å². The van der Waals surface area contributed by atoms with Crippen molar-refractivity contribution in [3.63, 3.8) is 0 Å². The quantitative estimate of drug-likeness (QED) is 0.804. The van der Waals surface area contributed by atoms with Crippen molar-refractivity contribution in [3.05, 3.63) is 59.2 Å². The van der Waals surface area contributed by atoms with E-state index in [9.17, 15) is 0 Å². The molecule has 98 valence electrons. The lowest BCUT2D eigenvalue weighted by molar-refractivity contribution is 0.0912. The summed E-state index contributed by atoms with van der Waals surface area (Å²) in [6.07, 6.45) is 1.05. The van der Waals surface area contributed by atoms with Crippen LogP contribution >= 0.6 is 0 Å². The Morgan fingerprint density at radius 1 is 1.05 bits per heavy atom. The number of benzene rings is 2. The maximum Gasteiger partial charge on any atom is 0.162 e. The van der Waals surface area contributed by atoms with E-state index in [1.165, 1.54) is 16.7 Å². The molecule has 2 aromatic carbocycles. The van der Waals surface area contributed by atoms with Gasteiger partial charge >= 0.3 is 0 Å². The largest absolute Gasteiger partial charge is 0.485 e. The van der Waals surface area contributed by atoms with E-state index < -0.39 is 0 Å². The first-order valence-corrected chi connectivity index (χ1v) is 6.75. The van der Waals surface area contributed by atoms with Crippen LogP contribution in [0.5, 0.6) is 11.5 Å². The molecule has 1 aliphatic rings. The van der Waals surface area contributed by atoms with Crippen LogP contribution in [0.2, 0.25) is 0 Å². The molecular formula is C17H18O2. The maximum absolute atomic E-state index is 6.02. The lowest BCUT2D eigenvalue weighted by Crippen LogP contribution is -2.21. The Morgan fingerprint density at radius 2 is 1.84 bits per heavy atom. The van der Waals surface area contributed by atoms with Crippen LogP contribution in [0.3, 0.4) is 0 Å². The molecule has 0 N–H and O–H groups in total. The van der Waals surface area contributed by atoms with Gasteiger partial charge in [-0.2, -0.15) is 0 Å². The van der Waals surface area contributed by atoms with Crippen molar-refractivity contribution >= 4 is 0 Å². The van der Waals surface area contributed by atoms with E-state index in [0.717, 1.165) is 17.9 Å². The van der Waals surface area contributed by atoms with Crippen molar-refractivity contribution in [2.45, 2.75) is 26.4 Å². The van der Waals surface area contributed by atoms with Gasteiger partial charge in [0.15, 0.2) is 17.6 Å². The van der Waals surface area contributed by atoms with Gasteiger partial charge in [-0.15, -0.1) is 0 Å². The van der Waals surface area contributed by atoms with E-state index in [1.807, 2.05) is 18.2 Å². The second-order valence-corrected chi connectivity index (χ2v) is 4.96. The van der Waals surface area contributed by atoms with Gasteiger partial charge in [-0.05, 0) is 42.2 Å². The fraction of sp³-hybridized carbons (Fsp3) is 0.294. The van der Waals surface area contributed by atoms with Crippen molar-refractivity contribution in [1.82, 2.24) is 0 Å². The van der Waals surface area contributed by atoms with Gasteiger partial charge in [0.2, 0.25) is 0 Å². The molecule has 0 aliphatic carbocycles. The first-order chi connectivity index (χ1) is 9.26. The van der Waals surface area contributed by atoms with Crippen LogP contribution in [0.15, 0.2) is 42.5 Å². The second-order valence-electron chi connectivity index (χ2n) is 4.96. The lowest BCUT2D eigenvalue weighted by atomic mass is 10.1. The molecule has 3 rings (SSSR count). The van der Waals surface area contributed by atoms with Gasteiger partial charge in [-0.3, -0.25) is 0 Å². The molecule has 1 heterocycles. The van der Waals surface area contributed by atoms with Gasteiger partial charge in [0.25, 0.3) is 0 Å². The number of aryl methyl sites for hydroxylation is 2. The molecule has 0 spiro atoms. The smallest absolute Gasteiger partial charge is 0.162 e. The van der Waals surface area contributed by atoms with Gasteiger partial charge in [0, 0.05) is 0 Å². The molecule has 0 amide bonds. The van der Waals surface area contributed by atoms with E-state index in [-0.39, 0.29) is 6.10 Å². The summed E-state index contributed by atoms with van der Waals surface area (Å²) in [6, 6.07) is 14.6. The molecule has 0 saturated heterocycles. The molecule has 0 bridgehead atoms. The Bertz CT molecular complexity index is 572. The second kappa shape index (κ2) is 4.96. The minimum atomic E-state index is -0.0129. The molecule has 1 aliphatic heterocycles. The Hall–Kier alpha value is -1.96. The van der Waals surface area contributed by atoms with Gasteiger partial charge in [0.05, 0.1) is 0 Å². The summed E-state index contributed by atoms with van der Waals surface area (Å²) >= 11 is 0. The van der Waals surface area contributed by atoms with Crippen LogP contribution in [0.1, 0.15) is 29.7 Å². The highest BCUT2D eigenvalue weighted by atomic mass is 16.6. The predicted octanol–water partition coefficient (Wildman–Crippen LogP) is 4.07. The summed E-state index contributed by atoms with van der Waals surface area (Å²) in [5.41, 5.74) is 3.70. The third-order valence-electron chi connectivity index (χ3n) is 3.52. The van der Waals surface area contributed by atoms with Gasteiger partial charge in [-0.1, -0.05) is 37.3 Å². The first kappa shape index (κ1) is 12.1. The van der Waals surface area contributed by atoms with Crippen LogP contribution in [0, 0.1) is 6.92 Å². The SMILES string of the molecule is CCc1ccc(C2COc3cc(C)ccc3O2)cc1. The molecule has 2 nitrogen and oxygen atoms in total. The zero-order valence-electron chi connectivity index (χ0n) is 11.3. The van der Waals surface area contributed by atoms with Crippen LogP contribution in [0.4, 0.5) is 0 Å². The minimum Gasteiger partial charge on any atom is -0.485 e. The molecular weight excluding hydrogens is 236 g/mol. The number of hydrogen-bond acceptors (Lipinski definition) is 2. The summed E-state index contributed by atoms with van der Waals surface area (Å²) in [7, 11) is 0. The first-order valence-electron chi connectivity index (χ1n) is 6.75. The van der Waals surface area contributed by atoms with Crippen LogP contribution < -0.4 is 9.47 Å². The Kier molecular flexibility index (Phi) is 3.16. The van der Waals surface area contributed by atoms with Crippen molar-refractivity contribution in [1.29, 1.82) is 0 Å². The van der Waals surface area contributed by atoms with E-state index in [0.29, 0.717) is 6.61 Å². The average Bonchev–Trinajstić information content (AvgIpc) is 2.47. The minimum absolute atomic E-state index is 0.0129. The van der Waals surface area contributed by atoms with Crippen molar-refractivity contribution in [3.8, 4) is 11.5 Å². The molecule has 0 fully saturated rings. The monoisotopic (exact) mass is 254 g/mol. The lowest BCUT2D eigenvalue weighted by Gasteiger charge is -2.27. The number of rotatable bonds is 2. The van der Waals surface area contributed by atoms with Gasteiger partial charge in [0.1, 0.15) is 6.61 Å². The fourth-order valence-corrected chi connectivity index (χ4v) is 2.31. The predicted molar refractivity (Wildman–Crippen MR) is 75.9 cm³/mol. The van der Waals surface area contributed by atoms with Gasteiger partial charge < -0.3 is 9.47 Å². The van der Waals surface area contributed by atoms with Gasteiger partial charge in [-0.25, -0.2) is 0 Å². The van der Waals surface area contributed by atoms with E-state index in [2.05, 4.69) is 38.1 Å². The highest BCUT2D eigenvalue weighted by Gasteiger charge is 2.22. The number of fused-ring (bicyclic) bond motifs is 1. The molecule has 2 aromatic rings. The van der Waals surface area contributed by atoms with Crippen LogP contribution in [-0.2, 0) is 6.42 Å². The highest BCUT2D eigenvalue weighted by Crippen LogP contribution is 2.36. The van der Waals surface area contributed by atoms with Crippen molar-refractivity contribution < 1.29 is 9.47 Å². The zero-order valence-corrected chi connectivity index (χ0v) is 11.3. The molecule has 0 aromatic heterocycles. The highest BCUT2D eigenvalue weighted by molar-refractivity contribution is 5.44. The van der Waals surface area contributed by atoms with E-state index >= 15 is 0 Å². The summed E-state index contributed by atoms with van der Waals surface area (Å²) in [5.74, 6) is 1.68. The Morgan fingerprint density at radius 3 is 2.58 bits per heavy atom. The maximum atomic E-state index is 6.02. The Labute approximate surface area is 114 Å². The fourth-order valence-electron chi connectivity index (χ4n) is 2.31. The topological polar surface area (TPSA) is 18.5 Å². The van der Waals surface area contributed by atoms with Crippen molar-refractivity contribution in [2.24, 2.45) is 0 Å². The third kappa shape index (κ3) is 2.43. The van der Waals surface area contributed by atoms with Crippen LogP contribution in [0.25, 0.3) is 0 Å². The summed E-state index contributed by atoms with van der Waals surface area (Å²) in [4.78, 5) is 0. The van der Waals surface area contributed by atoms with E-state index in [4.69, 9.17) is 9.47 Å². The van der Waals surface area contributed by atoms with Crippen LogP contribution in [-0.4, -0.2) is 6.61 Å². The zero-order chi connectivity index (χ0) is 13.2. The molecule has 2 heteroatoms. The Balaban J connectivity index is 1.82. The summed E-state index contributed by atoms with van der Waals surface area (Å²) in [5, 5.41) is 0. The summed E-state index contributed by atoms with van der Waals surface area (Å²) in [6.45, 7) is 4.79. The molecule has 0 radical (unpaired) electrons. The number of hydrogen-bond donors (Lipinski definition) is 0. The normalized spacial score (nSPS) is 17.3. The molecule has 0 saturated carbocycles. The average molecular weight is 254 g/mol. The molecule has 19 heavy (non-hydrogen) atoms. The summed E-state index contributed by atoms with van der Waals surface area (Å²) < 4.78 is 11.8. The third-order valence-corrected chi connectivity index (χ3v) is 3.52. The molecule has 1 unspecified atom stereocenters. The standard InChI is InChI=1S/C17H18O2/c1-3-13-5-7-14(8-6-13)17-11-18-16-10-12(2)4-9-15(16)19-17/h4-10,17H,3,11H2,1-2H3.